The summed E-state index contributed by atoms with van der Waals surface area (Å²) in [5.41, 5.74) is 0.955. The van der Waals surface area contributed by atoms with Gasteiger partial charge in [0, 0.05) is 6.54 Å². The van der Waals surface area contributed by atoms with E-state index in [-0.39, 0.29) is 5.82 Å². The second kappa shape index (κ2) is 3.19. The van der Waals surface area contributed by atoms with Crippen LogP contribution in [0.15, 0.2) is 18.3 Å². The van der Waals surface area contributed by atoms with Crippen LogP contribution in [-0.2, 0) is 6.54 Å². The van der Waals surface area contributed by atoms with E-state index >= 15 is 0 Å². The second-order valence-corrected chi connectivity index (χ2v) is 3.10. The lowest BCUT2D eigenvalue weighted by atomic mass is 10.2. The highest BCUT2D eigenvalue weighted by atomic mass is 19.1. The van der Waals surface area contributed by atoms with Crippen LogP contribution in [0, 0.1) is 5.82 Å². The molecule has 0 amide bonds. The van der Waals surface area contributed by atoms with Gasteiger partial charge in [0.1, 0.15) is 5.82 Å². The molecule has 0 saturated carbocycles. The van der Waals surface area contributed by atoms with Crippen molar-refractivity contribution in [1.29, 1.82) is 0 Å². The van der Waals surface area contributed by atoms with E-state index in [1.807, 2.05) is 0 Å². The first kappa shape index (κ1) is 7.68. The summed E-state index contributed by atoms with van der Waals surface area (Å²) < 4.78 is 12.4. The Balaban J connectivity index is 1.98. The molecular weight excluding hydrogens is 155 g/mol. The maximum Gasteiger partial charge on any atom is 0.141 e. The molecule has 1 saturated heterocycles. The standard InChI is InChI=1S/C9H11FN2/c10-8-2-3-9(11-6-8)7-12-4-1-5-12/h2-3,6H,1,4-5,7H2. The van der Waals surface area contributed by atoms with E-state index in [2.05, 4.69) is 9.88 Å². The zero-order valence-corrected chi connectivity index (χ0v) is 6.83. The Morgan fingerprint density at radius 1 is 1.42 bits per heavy atom. The zero-order chi connectivity index (χ0) is 8.39. The van der Waals surface area contributed by atoms with Gasteiger partial charge in [-0.25, -0.2) is 4.39 Å². The maximum atomic E-state index is 12.4. The van der Waals surface area contributed by atoms with Crippen LogP contribution in [0.4, 0.5) is 4.39 Å². The van der Waals surface area contributed by atoms with Crippen molar-refractivity contribution < 1.29 is 4.39 Å². The summed E-state index contributed by atoms with van der Waals surface area (Å²) in [5.74, 6) is -0.262. The van der Waals surface area contributed by atoms with Crippen LogP contribution in [0.2, 0.25) is 0 Å². The van der Waals surface area contributed by atoms with Gasteiger partial charge in [0.2, 0.25) is 0 Å². The molecule has 2 rings (SSSR count). The van der Waals surface area contributed by atoms with Crippen LogP contribution in [0.5, 0.6) is 0 Å². The van der Waals surface area contributed by atoms with E-state index in [0.717, 1.165) is 25.3 Å². The molecular formula is C9H11FN2. The monoisotopic (exact) mass is 166 g/mol. The smallest absolute Gasteiger partial charge is 0.141 e. The third-order valence-corrected chi connectivity index (χ3v) is 2.12. The van der Waals surface area contributed by atoms with Gasteiger partial charge in [-0.3, -0.25) is 9.88 Å². The van der Waals surface area contributed by atoms with Gasteiger partial charge in [-0.15, -0.1) is 0 Å². The molecule has 1 aromatic rings. The number of likely N-dealkylation sites (tertiary alicyclic amines) is 1. The zero-order valence-electron chi connectivity index (χ0n) is 6.83. The van der Waals surface area contributed by atoms with E-state index in [1.54, 1.807) is 6.07 Å². The second-order valence-electron chi connectivity index (χ2n) is 3.10. The molecule has 1 aliphatic rings. The highest BCUT2D eigenvalue weighted by Gasteiger charge is 2.13. The van der Waals surface area contributed by atoms with Gasteiger partial charge < -0.3 is 0 Å². The van der Waals surface area contributed by atoms with Crippen molar-refractivity contribution in [2.45, 2.75) is 13.0 Å². The molecule has 3 heteroatoms. The van der Waals surface area contributed by atoms with Crippen LogP contribution in [0.1, 0.15) is 12.1 Å². The Hall–Kier alpha value is -0.960. The van der Waals surface area contributed by atoms with Crippen LogP contribution in [0.25, 0.3) is 0 Å². The third-order valence-electron chi connectivity index (χ3n) is 2.12. The summed E-state index contributed by atoms with van der Waals surface area (Å²) in [6.45, 7) is 3.17. The molecule has 12 heavy (non-hydrogen) atoms. The van der Waals surface area contributed by atoms with E-state index in [4.69, 9.17) is 0 Å². The molecule has 0 spiro atoms. The van der Waals surface area contributed by atoms with E-state index in [9.17, 15) is 4.39 Å². The average molecular weight is 166 g/mol. The van der Waals surface area contributed by atoms with Gasteiger partial charge in [0.15, 0.2) is 0 Å². The first-order valence-electron chi connectivity index (χ1n) is 4.17. The van der Waals surface area contributed by atoms with Crippen molar-refractivity contribution in [3.05, 3.63) is 29.8 Å². The summed E-state index contributed by atoms with van der Waals surface area (Å²) >= 11 is 0. The van der Waals surface area contributed by atoms with Gasteiger partial charge in [-0.2, -0.15) is 0 Å². The summed E-state index contributed by atoms with van der Waals surface area (Å²) in [6, 6.07) is 3.20. The molecule has 2 heterocycles. The Morgan fingerprint density at radius 2 is 2.25 bits per heavy atom. The predicted octanol–water partition coefficient (Wildman–Crippen LogP) is 1.43. The Kier molecular flexibility index (Phi) is 2.04. The van der Waals surface area contributed by atoms with Crippen molar-refractivity contribution in [3.8, 4) is 0 Å². The van der Waals surface area contributed by atoms with Gasteiger partial charge >= 0.3 is 0 Å². The minimum Gasteiger partial charge on any atom is -0.297 e. The molecule has 1 fully saturated rings. The highest BCUT2D eigenvalue weighted by Crippen LogP contribution is 2.10. The lowest BCUT2D eigenvalue weighted by Crippen LogP contribution is -2.36. The van der Waals surface area contributed by atoms with Gasteiger partial charge in [0.05, 0.1) is 11.9 Å². The quantitative estimate of drug-likeness (QED) is 0.660. The Bertz CT molecular complexity index is 254. The van der Waals surface area contributed by atoms with Gasteiger partial charge in [0.25, 0.3) is 0 Å². The molecule has 0 aromatic carbocycles. The number of hydrogen-bond acceptors (Lipinski definition) is 2. The molecule has 1 aliphatic heterocycles. The van der Waals surface area contributed by atoms with Crippen molar-refractivity contribution in [3.63, 3.8) is 0 Å². The average Bonchev–Trinajstić information content (AvgIpc) is 2.00. The number of rotatable bonds is 2. The number of hydrogen-bond donors (Lipinski definition) is 0. The SMILES string of the molecule is Fc1ccc(CN2CCC2)nc1. The summed E-state index contributed by atoms with van der Waals surface area (Å²) in [6.07, 6.45) is 2.55. The van der Waals surface area contributed by atoms with Gasteiger partial charge in [-0.05, 0) is 31.6 Å². The van der Waals surface area contributed by atoms with Crippen LogP contribution in [-0.4, -0.2) is 23.0 Å². The summed E-state index contributed by atoms with van der Waals surface area (Å²) in [4.78, 5) is 6.28. The fourth-order valence-corrected chi connectivity index (χ4v) is 1.27. The minimum atomic E-state index is -0.262. The Labute approximate surface area is 71.0 Å². The molecule has 0 aliphatic carbocycles. The molecule has 64 valence electrons. The highest BCUT2D eigenvalue weighted by molar-refractivity contribution is 5.05. The van der Waals surface area contributed by atoms with E-state index < -0.39 is 0 Å². The first-order valence-corrected chi connectivity index (χ1v) is 4.17. The summed E-state index contributed by atoms with van der Waals surface area (Å²) in [5, 5.41) is 0. The molecule has 0 N–H and O–H groups in total. The lowest BCUT2D eigenvalue weighted by Gasteiger charge is -2.30. The van der Waals surface area contributed by atoms with Gasteiger partial charge in [-0.1, -0.05) is 0 Å². The normalized spacial score (nSPS) is 17.4. The molecule has 0 radical (unpaired) electrons. The molecule has 2 nitrogen and oxygen atoms in total. The topological polar surface area (TPSA) is 16.1 Å². The van der Waals surface area contributed by atoms with Crippen molar-refractivity contribution in [1.82, 2.24) is 9.88 Å². The van der Waals surface area contributed by atoms with Crippen molar-refractivity contribution >= 4 is 0 Å². The number of halogens is 1. The molecule has 0 unspecified atom stereocenters. The molecule has 1 aromatic heterocycles. The largest absolute Gasteiger partial charge is 0.297 e. The minimum absolute atomic E-state index is 0.262. The fraction of sp³-hybridized carbons (Fsp3) is 0.444. The number of pyridine rings is 1. The van der Waals surface area contributed by atoms with Crippen LogP contribution < -0.4 is 0 Å². The number of aromatic nitrogens is 1. The van der Waals surface area contributed by atoms with E-state index in [0.29, 0.717) is 0 Å². The first-order chi connectivity index (χ1) is 5.84. The third kappa shape index (κ3) is 1.61. The van der Waals surface area contributed by atoms with Crippen LogP contribution >= 0.6 is 0 Å². The molecule has 0 bridgehead atoms. The van der Waals surface area contributed by atoms with Crippen LogP contribution in [0.3, 0.4) is 0 Å². The molecule has 0 atom stereocenters. The predicted molar refractivity (Wildman–Crippen MR) is 44.1 cm³/mol. The maximum absolute atomic E-state index is 12.4. The summed E-state index contributed by atoms with van der Waals surface area (Å²) in [7, 11) is 0. The van der Waals surface area contributed by atoms with Crippen molar-refractivity contribution in [2.24, 2.45) is 0 Å². The lowest BCUT2D eigenvalue weighted by molar-refractivity contribution is 0.170. The van der Waals surface area contributed by atoms with E-state index in [1.165, 1.54) is 18.7 Å². The fourth-order valence-electron chi connectivity index (χ4n) is 1.27. The number of nitrogens with zero attached hydrogens (tertiary/aromatic N) is 2. The van der Waals surface area contributed by atoms with Crippen molar-refractivity contribution in [2.75, 3.05) is 13.1 Å². The Morgan fingerprint density at radius 3 is 2.75 bits per heavy atom.